The molecule has 3 aromatic rings. The lowest BCUT2D eigenvalue weighted by Crippen LogP contribution is -2.40. The summed E-state index contributed by atoms with van der Waals surface area (Å²) in [7, 11) is 0. The number of Topliss-reactive ketones (excluding diaryl/α,β-unsaturated/α-hetero) is 1. The van der Waals surface area contributed by atoms with Crippen LogP contribution in [0.1, 0.15) is 27.9 Å². The first kappa shape index (κ1) is 14.5. The predicted octanol–water partition coefficient (Wildman–Crippen LogP) is 4.30. The Labute approximate surface area is 140 Å². The van der Waals surface area contributed by atoms with E-state index in [1.807, 2.05) is 60.7 Å². The Morgan fingerprint density at radius 2 is 1.42 bits per heavy atom. The van der Waals surface area contributed by atoms with Crippen LogP contribution >= 0.6 is 0 Å². The molecule has 1 aliphatic rings. The minimum atomic E-state index is -0.888. The monoisotopic (exact) mass is 316 g/mol. The van der Waals surface area contributed by atoms with Crippen molar-refractivity contribution in [3.8, 4) is 11.5 Å². The van der Waals surface area contributed by atoms with Gasteiger partial charge in [0, 0.05) is 17.2 Å². The van der Waals surface area contributed by atoms with Gasteiger partial charge in [-0.2, -0.15) is 0 Å². The molecule has 0 amide bonds. The second-order valence-electron chi connectivity index (χ2n) is 5.94. The highest BCUT2D eigenvalue weighted by Crippen LogP contribution is 2.44. The quantitative estimate of drug-likeness (QED) is 0.766. The minimum Gasteiger partial charge on any atom is -0.508 e. The first-order chi connectivity index (χ1) is 11.7. The summed E-state index contributed by atoms with van der Waals surface area (Å²) in [6, 6.07) is 24.1. The standard InChI is InChI=1S/C21H16O3/c22-17-11-12-18-19(23)14-21(24-20(18)13-17,15-7-3-1-4-8-15)16-9-5-2-6-10-16/h1-13,22H,14H2. The molecule has 1 N–H and O–H groups in total. The minimum absolute atomic E-state index is 0.00366. The van der Waals surface area contributed by atoms with Crippen LogP contribution < -0.4 is 4.74 Å². The van der Waals surface area contributed by atoms with Crippen molar-refractivity contribution < 1.29 is 14.6 Å². The topological polar surface area (TPSA) is 46.5 Å². The molecule has 0 aliphatic carbocycles. The van der Waals surface area contributed by atoms with Crippen molar-refractivity contribution >= 4 is 5.78 Å². The molecular formula is C21H16O3. The molecule has 0 saturated carbocycles. The Kier molecular flexibility index (Phi) is 3.35. The summed E-state index contributed by atoms with van der Waals surface area (Å²) in [6.07, 6.45) is 0.221. The average Bonchev–Trinajstić information content (AvgIpc) is 2.62. The summed E-state index contributed by atoms with van der Waals surface area (Å²) in [4.78, 5) is 12.8. The molecule has 4 rings (SSSR count). The van der Waals surface area contributed by atoms with Crippen LogP contribution in [-0.4, -0.2) is 10.9 Å². The fourth-order valence-electron chi connectivity index (χ4n) is 3.27. The van der Waals surface area contributed by atoms with E-state index in [1.165, 1.54) is 12.1 Å². The number of aromatic hydroxyl groups is 1. The molecule has 0 saturated heterocycles. The molecule has 0 aromatic heterocycles. The number of ether oxygens (including phenoxy) is 1. The number of hydrogen-bond acceptors (Lipinski definition) is 3. The highest BCUT2D eigenvalue weighted by atomic mass is 16.5. The highest BCUT2D eigenvalue weighted by Gasteiger charge is 2.43. The summed E-state index contributed by atoms with van der Waals surface area (Å²) < 4.78 is 6.36. The number of carbonyl (C=O) groups excluding carboxylic acids is 1. The molecule has 0 fully saturated rings. The van der Waals surface area contributed by atoms with Crippen LogP contribution in [0.3, 0.4) is 0 Å². The van der Waals surface area contributed by atoms with E-state index in [4.69, 9.17) is 4.74 Å². The fourth-order valence-corrected chi connectivity index (χ4v) is 3.27. The molecule has 3 aromatic carbocycles. The number of ketones is 1. The Morgan fingerprint density at radius 3 is 2.00 bits per heavy atom. The molecule has 1 heterocycles. The van der Waals surface area contributed by atoms with Crippen LogP contribution in [0.5, 0.6) is 11.5 Å². The first-order valence-corrected chi connectivity index (χ1v) is 7.85. The molecule has 3 nitrogen and oxygen atoms in total. The van der Waals surface area contributed by atoms with Gasteiger partial charge in [0.1, 0.15) is 11.5 Å². The van der Waals surface area contributed by atoms with Gasteiger partial charge in [-0.1, -0.05) is 60.7 Å². The normalized spacial score (nSPS) is 15.4. The molecule has 3 heteroatoms. The van der Waals surface area contributed by atoms with Gasteiger partial charge < -0.3 is 9.84 Å². The Hall–Kier alpha value is -3.07. The molecule has 0 spiro atoms. The number of phenolic OH excluding ortho intramolecular Hbond substituents is 1. The zero-order chi connectivity index (χ0) is 16.6. The largest absolute Gasteiger partial charge is 0.508 e. The van der Waals surface area contributed by atoms with Crippen molar-refractivity contribution in [2.45, 2.75) is 12.0 Å². The highest BCUT2D eigenvalue weighted by molar-refractivity contribution is 6.01. The maximum atomic E-state index is 12.8. The number of rotatable bonds is 2. The Balaban J connectivity index is 1.94. The van der Waals surface area contributed by atoms with Gasteiger partial charge in [0.05, 0.1) is 12.0 Å². The van der Waals surface area contributed by atoms with Crippen LogP contribution in [-0.2, 0) is 5.60 Å². The number of fused-ring (bicyclic) bond motifs is 1. The van der Waals surface area contributed by atoms with Crippen molar-refractivity contribution in [1.29, 1.82) is 0 Å². The summed E-state index contributed by atoms with van der Waals surface area (Å²) in [5.41, 5.74) is 1.45. The third kappa shape index (κ3) is 2.26. The van der Waals surface area contributed by atoms with E-state index < -0.39 is 5.60 Å². The number of hydrogen-bond donors (Lipinski definition) is 1. The maximum absolute atomic E-state index is 12.8. The molecule has 24 heavy (non-hydrogen) atoms. The molecule has 1 aliphatic heterocycles. The summed E-state index contributed by atoms with van der Waals surface area (Å²) in [5, 5.41) is 9.79. The third-order valence-electron chi connectivity index (χ3n) is 4.44. The van der Waals surface area contributed by atoms with Crippen LogP contribution in [0.15, 0.2) is 78.9 Å². The van der Waals surface area contributed by atoms with E-state index in [2.05, 4.69) is 0 Å². The average molecular weight is 316 g/mol. The molecule has 0 unspecified atom stereocenters. The van der Waals surface area contributed by atoms with Gasteiger partial charge in [-0.25, -0.2) is 0 Å². The fraction of sp³-hybridized carbons (Fsp3) is 0.0952. The predicted molar refractivity (Wildman–Crippen MR) is 91.3 cm³/mol. The third-order valence-corrected chi connectivity index (χ3v) is 4.44. The first-order valence-electron chi connectivity index (χ1n) is 7.85. The van der Waals surface area contributed by atoms with Gasteiger partial charge >= 0.3 is 0 Å². The number of phenols is 1. The lowest BCUT2D eigenvalue weighted by Gasteiger charge is -2.39. The van der Waals surface area contributed by atoms with Crippen molar-refractivity contribution in [2.24, 2.45) is 0 Å². The van der Waals surface area contributed by atoms with Crippen LogP contribution in [0.2, 0.25) is 0 Å². The van der Waals surface area contributed by atoms with Crippen LogP contribution in [0, 0.1) is 0 Å². The van der Waals surface area contributed by atoms with Crippen molar-refractivity contribution in [1.82, 2.24) is 0 Å². The van der Waals surface area contributed by atoms with E-state index in [0.717, 1.165) is 11.1 Å². The summed E-state index contributed by atoms with van der Waals surface area (Å²) in [5.74, 6) is 0.501. The molecule has 0 radical (unpaired) electrons. The molecule has 118 valence electrons. The van der Waals surface area contributed by atoms with Gasteiger partial charge in [0.2, 0.25) is 0 Å². The van der Waals surface area contributed by atoms with Crippen molar-refractivity contribution in [2.75, 3.05) is 0 Å². The smallest absolute Gasteiger partial charge is 0.171 e. The Morgan fingerprint density at radius 1 is 0.833 bits per heavy atom. The van der Waals surface area contributed by atoms with Crippen LogP contribution in [0.4, 0.5) is 0 Å². The zero-order valence-corrected chi connectivity index (χ0v) is 13.0. The second-order valence-corrected chi connectivity index (χ2v) is 5.94. The van der Waals surface area contributed by atoms with E-state index in [0.29, 0.717) is 11.3 Å². The molecule has 0 atom stereocenters. The maximum Gasteiger partial charge on any atom is 0.171 e. The van der Waals surface area contributed by atoms with Gasteiger partial charge in [0.15, 0.2) is 11.4 Å². The van der Waals surface area contributed by atoms with E-state index >= 15 is 0 Å². The lowest BCUT2D eigenvalue weighted by atomic mass is 9.79. The van der Waals surface area contributed by atoms with Crippen molar-refractivity contribution in [3.05, 3.63) is 95.6 Å². The van der Waals surface area contributed by atoms with Gasteiger partial charge in [0.25, 0.3) is 0 Å². The lowest BCUT2D eigenvalue weighted by molar-refractivity contribution is 0.0616. The summed E-state index contributed by atoms with van der Waals surface area (Å²) in [6.45, 7) is 0. The number of benzene rings is 3. The molecule has 0 bridgehead atoms. The summed E-state index contributed by atoms with van der Waals surface area (Å²) >= 11 is 0. The van der Waals surface area contributed by atoms with Gasteiger partial charge in [-0.3, -0.25) is 4.79 Å². The van der Waals surface area contributed by atoms with Crippen LogP contribution in [0.25, 0.3) is 0 Å². The van der Waals surface area contributed by atoms with Gasteiger partial charge in [-0.05, 0) is 12.1 Å². The van der Waals surface area contributed by atoms with E-state index in [1.54, 1.807) is 6.07 Å². The van der Waals surface area contributed by atoms with Gasteiger partial charge in [-0.15, -0.1) is 0 Å². The SMILES string of the molecule is O=C1CC(c2ccccc2)(c2ccccc2)Oc2cc(O)ccc21. The van der Waals surface area contributed by atoms with Crippen molar-refractivity contribution in [3.63, 3.8) is 0 Å². The molecular weight excluding hydrogens is 300 g/mol. The van der Waals surface area contributed by atoms with E-state index in [9.17, 15) is 9.90 Å². The number of carbonyl (C=O) groups is 1. The van der Waals surface area contributed by atoms with E-state index in [-0.39, 0.29) is 18.0 Å². The Bertz CT molecular complexity index is 846. The second kappa shape index (κ2) is 5.53. The zero-order valence-electron chi connectivity index (χ0n) is 13.0.